The summed E-state index contributed by atoms with van der Waals surface area (Å²) >= 11 is 0. The second-order valence-electron chi connectivity index (χ2n) is 4.36. The predicted molar refractivity (Wildman–Crippen MR) is 65.9 cm³/mol. The summed E-state index contributed by atoms with van der Waals surface area (Å²) in [5.41, 5.74) is 0.874. The van der Waals surface area contributed by atoms with Crippen molar-refractivity contribution in [3.8, 4) is 5.88 Å². The van der Waals surface area contributed by atoms with E-state index >= 15 is 0 Å². The second kappa shape index (κ2) is 6.51. The van der Waals surface area contributed by atoms with Gasteiger partial charge in [-0.25, -0.2) is 4.98 Å². The van der Waals surface area contributed by atoms with Crippen molar-refractivity contribution in [2.45, 2.75) is 19.4 Å². The molecule has 1 aromatic heterocycles. The standard InChI is InChI=1S/C12H20N4O/c1-17-12-11(15-5-6-16-12)9-14-8-10-3-2-4-13-7-10/h5-6,10,13-14H,2-4,7-9H2,1H3/t10-/m1/s1. The summed E-state index contributed by atoms with van der Waals surface area (Å²) in [6.07, 6.45) is 5.92. The fraction of sp³-hybridized carbons (Fsp3) is 0.667. The minimum atomic E-state index is 0.613. The lowest BCUT2D eigenvalue weighted by molar-refractivity contribution is 0.354. The summed E-state index contributed by atoms with van der Waals surface area (Å²) in [6, 6.07) is 0. The lowest BCUT2D eigenvalue weighted by atomic mass is 10.00. The van der Waals surface area contributed by atoms with E-state index in [9.17, 15) is 0 Å². The van der Waals surface area contributed by atoms with Gasteiger partial charge in [0, 0.05) is 18.9 Å². The van der Waals surface area contributed by atoms with Crippen molar-refractivity contribution < 1.29 is 4.74 Å². The zero-order chi connectivity index (χ0) is 11.9. The van der Waals surface area contributed by atoms with E-state index in [0.29, 0.717) is 12.4 Å². The van der Waals surface area contributed by atoms with Crippen LogP contribution in [0.3, 0.4) is 0 Å². The molecule has 2 heterocycles. The summed E-state index contributed by atoms with van der Waals surface area (Å²) < 4.78 is 5.16. The van der Waals surface area contributed by atoms with Crippen LogP contribution in [0.5, 0.6) is 5.88 Å². The van der Waals surface area contributed by atoms with Gasteiger partial charge in [-0.05, 0) is 38.4 Å². The zero-order valence-corrected chi connectivity index (χ0v) is 10.3. The van der Waals surface area contributed by atoms with Gasteiger partial charge in [0.05, 0.1) is 7.11 Å². The van der Waals surface area contributed by atoms with Crippen LogP contribution in [0.15, 0.2) is 12.4 Å². The van der Waals surface area contributed by atoms with E-state index in [1.165, 1.54) is 12.8 Å². The third kappa shape index (κ3) is 3.64. The van der Waals surface area contributed by atoms with Gasteiger partial charge in [-0.1, -0.05) is 0 Å². The number of aromatic nitrogens is 2. The first-order chi connectivity index (χ1) is 8.40. The van der Waals surface area contributed by atoms with Crippen LogP contribution in [0.25, 0.3) is 0 Å². The van der Waals surface area contributed by atoms with Crippen molar-refractivity contribution in [1.29, 1.82) is 0 Å². The molecular formula is C12H20N4O. The summed E-state index contributed by atoms with van der Waals surface area (Å²) in [6.45, 7) is 4.01. The molecule has 94 valence electrons. The van der Waals surface area contributed by atoms with E-state index in [1.807, 2.05) is 0 Å². The molecule has 0 aromatic carbocycles. The van der Waals surface area contributed by atoms with Crippen molar-refractivity contribution in [1.82, 2.24) is 20.6 Å². The fourth-order valence-electron chi connectivity index (χ4n) is 2.14. The molecule has 1 aliphatic rings. The number of hydrogen-bond acceptors (Lipinski definition) is 5. The summed E-state index contributed by atoms with van der Waals surface area (Å²) in [7, 11) is 1.62. The Kier molecular flexibility index (Phi) is 4.70. The van der Waals surface area contributed by atoms with Crippen LogP contribution in [-0.2, 0) is 6.54 Å². The smallest absolute Gasteiger partial charge is 0.236 e. The van der Waals surface area contributed by atoms with Gasteiger partial charge in [-0.2, -0.15) is 0 Å². The van der Waals surface area contributed by atoms with Gasteiger partial charge in [0.25, 0.3) is 0 Å². The Morgan fingerprint density at radius 2 is 2.35 bits per heavy atom. The number of rotatable bonds is 5. The predicted octanol–water partition coefficient (Wildman–Crippen LogP) is 0.574. The number of piperidine rings is 1. The topological polar surface area (TPSA) is 59.1 Å². The molecule has 0 unspecified atom stereocenters. The molecule has 5 heteroatoms. The maximum absolute atomic E-state index is 5.16. The zero-order valence-electron chi connectivity index (χ0n) is 10.3. The second-order valence-corrected chi connectivity index (χ2v) is 4.36. The van der Waals surface area contributed by atoms with E-state index in [4.69, 9.17) is 4.74 Å². The summed E-state index contributed by atoms with van der Waals surface area (Å²) in [4.78, 5) is 8.39. The maximum atomic E-state index is 5.16. The summed E-state index contributed by atoms with van der Waals surface area (Å²) in [5.74, 6) is 1.34. The molecule has 1 atom stereocenters. The van der Waals surface area contributed by atoms with Crippen LogP contribution in [0.1, 0.15) is 18.5 Å². The highest BCUT2D eigenvalue weighted by molar-refractivity contribution is 5.16. The lowest BCUT2D eigenvalue weighted by Crippen LogP contribution is -2.36. The number of methoxy groups -OCH3 is 1. The van der Waals surface area contributed by atoms with E-state index in [-0.39, 0.29) is 0 Å². The highest BCUT2D eigenvalue weighted by atomic mass is 16.5. The monoisotopic (exact) mass is 236 g/mol. The molecule has 1 aliphatic heterocycles. The molecule has 1 fully saturated rings. The molecule has 0 amide bonds. The van der Waals surface area contributed by atoms with Crippen LogP contribution in [-0.4, -0.2) is 36.7 Å². The molecule has 0 saturated carbocycles. The van der Waals surface area contributed by atoms with Crippen LogP contribution in [0, 0.1) is 5.92 Å². The molecule has 17 heavy (non-hydrogen) atoms. The molecule has 0 radical (unpaired) electrons. The van der Waals surface area contributed by atoms with Gasteiger partial charge in [-0.3, -0.25) is 4.98 Å². The first kappa shape index (κ1) is 12.3. The molecule has 0 bridgehead atoms. The van der Waals surface area contributed by atoms with Gasteiger partial charge < -0.3 is 15.4 Å². The molecule has 1 saturated heterocycles. The molecule has 5 nitrogen and oxygen atoms in total. The number of hydrogen-bond donors (Lipinski definition) is 2. The SMILES string of the molecule is COc1nccnc1CNC[C@@H]1CCCNC1. The van der Waals surface area contributed by atoms with Gasteiger partial charge in [0.1, 0.15) is 5.69 Å². The lowest BCUT2D eigenvalue weighted by Gasteiger charge is -2.22. The Bertz CT molecular complexity index is 339. The largest absolute Gasteiger partial charge is 0.480 e. The third-order valence-corrected chi connectivity index (χ3v) is 3.05. The highest BCUT2D eigenvalue weighted by Crippen LogP contribution is 2.11. The quantitative estimate of drug-likeness (QED) is 0.783. The molecule has 2 rings (SSSR count). The highest BCUT2D eigenvalue weighted by Gasteiger charge is 2.12. The van der Waals surface area contributed by atoms with Gasteiger partial charge in [0.15, 0.2) is 0 Å². The minimum Gasteiger partial charge on any atom is -0.480 e. The Balaban J connectivity index is 1.77. The Morgan fingerprint density at radius 3 is 3.12 bits per heavy atom. The Labute approximate surface area is 102 Å². The maximum Gasteiger partial charge on any atom is 0.236 e. The average Bonchev–Trinajstić information content (AvgIpc) is 2.40. The normalized spacial score (nSPS) is 20.2. The molecule has 2 N–H and O–H groups in total. The fourth-order valence-corrected chi connectivity index (χ4v) is 2.14. The Hall–Kier alpha value is -1.20. The molecular weight excluding hydrogens is 216 g/mol. The van der Waals surface area contributed by atoms with E-state index in [1.54, 1.807) is 19.5 Å². The van der Waals surface area contributed by atoms with Gasteiger partial charge in [-0.15, -0.1) is 0 Å². The van der Waals surface area contributed by atoms with Crippen LogP contribution >= 0.6 is 0 Å². The van der Waals surface area contributed by atoms with Crippen molar-refractivity contribution in [2.24, 2.45) is 5.92 Å². The van der Waals surface area contributed by atoms with Crippen LogP contribution in [0.2, 0.25) is 0 Å². The van der Waals surface area contributed by atoms with Crippen molar-refractivity contribution in [2.75, 3.05) is 26.7 Å². The summed E-state index contributed by atoms with van der Waals surface area (Å²) in [5, 5.41) is 6.84. The average molecular weight is 236 g/mol. The first-order valence-corrected chi connectivity index (χ1v) is 6.15. The van der Waals surface area contributed by atoms with E-state index in [0.717, 1.165) is 31.2 Å². The number of ether oxygens (including phenoxy) is 1. The number of nitrogens with zero attached hydrogens (tertiary/aromatic N) is 2. The van der Waals surface area contributed by atoms with Crippen LogP contribution < -0.4 is 15.4 Å². The van der Waals surface area contributed by atoms with Crippen molar-refractivity contribution in [3.63, 3.8) is 0 Å². The first-order valence-electron chi connectivity index (χ1n) is 6.15. The van der Waals surface area contributed by atoms with Crippen molar-refractivity contribution in [3.05, 3.63) is 18.1 Å². The van der Waals surface area contributed by atoms with Gasteiger partial charge >= 0.3 is 0 Å². The number of nitrogens with one attached hydrogen (secondary N) is 2. The Morgan fingerprint density at radius 1 is 1.47 bits per heavy atom. The van der Waals surface area contributed by atoms with E-state index < -0.39 is 0 Å². The minimum absolute atomic E-state index is 0.613. The van der Waals surface area contributed by atoms with E-state index in [2.05, 4.69) is 20.6 Å². The molecule has 0 spiro atoms. The van der Waals surface area contributed by atoms with Crippen molar-refractivity contribution >= 4 is 0 Å². The molecule has 1 aromatic rings. The third-order valence-electron chi connectivity index (χ3n) is 3.05. The van der Waals surface area contributed by atoms with Gasteiger partial charge in [0.2, 0.25) is 5.88 Å². The molecule has 0 aliphatic carbocycles. The van der Waals surface area contributed by atoms with Crippen LogP contribution in [0.4, 0.5) is 0 Å².